The molecule has 0 spiro atoms. The zero-order chi connectivity index (χ0) is 13.9. The van der Waals surface area contributed by atoms with E-state index in [0.29, 0.717) is 18.7 Å². The second-order valence-electron chi connectivity index (χ2n) is 5.22. The van der Waals surface area contributed by atoms with Gasteiger partial charge in [-0.05, 0) is 33.4 Å². The number of likely N-dealkylation sites (N-methyl/N-ethyl adjacent to an activating group) is 1. The highest BCUT2D eigenvalue weighted by Gasteiger charge is 2.23. The molecule has 0 amide bonds. The molecule has 0 saturated heterocycles. The Hall–Kier alpha value is -1.00. The lowest BCUT2D eigenvalue weighted by Gasteiger charge is -2.33. The smallest absolute Gasteiger partial charge is 0.130 e. The highest BCUT2D eigenvalue weighted by molar-refractivity contribution is 5.21. The SMILES string of the molecule is CCN(CC(C)(C)O)C(C)c1ccc(F)cc1F. The van der Waals surface area contributed by atoms with Crippen LogP contribution in [0.2, 0.25) is 0 Å². The zero-order valence-corrected chi connectivity index (χ0v) is 11.4. The van der Waals surface area contributed by atoms with Gasteiger partial charge in [0.05, 0.1) is 5.60 Å². The molecule has 1 rings (SSSR count). The molecule has 1 unspecified atom stereocenters. The summed E-state index contributed by atoms with van der Waals surface area (Å²) in [5, 5.41) is 9.83. The van der Waals surface area contributed by atoms with E-state index in [1.165, 1.54) is 12.1 Å². The summed E-state index contributed by atoms with van der Waals surface area (Å²) < 4.78 is 26.6. The maximum atomic E-state index is 13.7. The lowest BCUT2D eigenvalue weighted by atomic mass is 10.0. The van der Waals surface area contributed by atoms with E-state index in [2.05, 4.69) is 0 Å². The van der Waals surface area contributed by atoms with Crippen LogP contribution < -0.4 is 0 Å². The number of hydrogen-bond donors (Lipinski definition) is 1. The molecule has 0 bridgehead atoms. The molecule has 0 aromatic heterocycles. The van der Waals surface area contributed by atoms with Crippen molar-refractivity contribution >= 4 is 0 Å². The van der Waals surface area contributed by atoms with Crippen molar-refractivity contribution < 1.29 is 13.9 Å². The summed E-state index contributed by atoms with van der Waals surface area (Å²) in [6, 6.07) is 3.40. The second-order valence-corrected chi connectivity index (χ2v) is 5.22. The fourth-order valence-electron chi connectivity index (χ4n) is 2.06. The third kappa shape index (κ3) is 4.03. The van der Waals surface area contributed by atoms with Gasteiger partial charge in [-0.2, -0.15) is 0 Å². The molecular formula is C14H21F2NO. The van der Waals surface area contributed by atoms with Crippen LogP contribution in [0.5, 0.6) is 0 Å². The topological polar surface area (TPSA) is 23.5 Å². The summed E-state index contributed by atoms with van der Waals surface area (Å²) in [7, 11) is 0. The van der Waals surface area contributed by atoms with E-state index in [4.69, 9.17) is 0 Å². The highest BCUT2D eigenvalue weighted by atomic mass is 19.1. The van der Waals surface area contributed by atoms with Gasteiger partial charge in [-0.15, -0.1) is 0 Å². The van der Waals surface area contributed by atoms with Crippen molar-refractivity contribution in [2.75, 3.05) is 13.1 Å². The first kappa shape index (κ1) is 15.1. The Morgan fingerprint density at radius 3 is 2.39 bits per heavy atom. The Morgan fingerprint density at radius 1 is 1.33 bits per heavy atom. The van der Waals surface area contributed by atoms with Gasteiger partial charge in [-0.25, -0.2) is 8.78 Å². The summed E-state index contributed by atoms with van der Waals surface area (Å²) in [4.78, 5) is 1.95. The molecule has 1 aromatic rings. The van der Waals surface area contributed by atoms with Crippen LogP contribution in [-0.4, -0.2) is 28.7 Å². The number of nitrogens with zero attached hydrogens (tertiary/aromatic N) is 1. The van der Waals surface area contributed by atoms with Gasteiger partial charge in [-0.3, -0.25) is 4.90 Å². The molecule has 1 aromatic carbocycles. The molecule has 2 nitrogen and oxygen atoms in total. The van der Waals surface area contributed by atoms with Crippen LogP contribution in [0.1, 0.15) is 39.3 Å². The van der Waals surface area contributed by atoms with E-state index in [9.17, 15) is 13.9 Å². The standard InChI is InChI=1S/C14H21F2NO/c1-5-17(9-14(3,4)18)10(2)12-7-6-11(15)8-13(12)16/h6-8,10,18H,5,9H2,1-4H3. The Labute approximate surface area is 107 Å². The molecule has 0 aliphatic heterocycles. The fourth-order valence-corrected chi connectivity index (χ4v) is 2.06. The van der Waals surface area contributed by atoms with Gasteiger partial charge in [0.1, 0.15) is 11.6 Å². The Morgan fingerprint density at radius 2 is 1.94 bits per heavy atom. The van der Waals surface area contributed by atoms with Crippen LogP contribution in [0.3, 0.4) is 0 Å². The molecule has 0 fully saturated rings. The Balaban J connectivity index is 2.93. The molecule has 102 valence electrons. The molecule has 0 radical (unpaired) electrons. The number of hydrogen-bond acceptors (Lipinski definition) is 2. The average molecular weight is 257 g/mol. The van der Waals surface area contributed by atoms with Gasteiger partial charge in [0, 0.05) is 24.2 Å². The van der Waals surface area contributed by atoms with Crippen molar-refractivity contribution in [3.63, 3.8) is 0 Å². The van der Waals surface area contributed by atoms with Crippen LogP contribution in [0.25, 0.3) is 0 Å². The Kier molecular flexibility index (Phi) is 4.82. The summed E-state index contributed by atoms with van der Waals surface area (Å²) in [5.41, 5.74) is -0.400. The van der Waals surface area contributed by atoms with E-state index in [1.54, 1.807) is 13.8 Å². The quantitative estimate of drug-likeness (QED) is 0.876. The third-order valence-corrected chi connectivity index (χ3v) is 2.96. The van der Waals surface area contributed by atoms with Gasteiger partial charge in [0.25, 0.3) is 0 Å². The van der Waals surface area contributed by atoms with Crippen LogP contribution in [-0.2, 0) is 0 Å². The summed E-state index contributed by atoms with van der Waals surface area (Å²) in [6.45, 7) is 8.34. The predicted octanol–water partition coefficient (Wildman–Crippen LogP) is 3.12. The van der Waals surface area contributed by atoms with Crippen LogP contribution in [0.15, 0.2) is 18.2 Å². The minimum Gasteiger partial charge on any atom is -0.389 e. The minimum atomic E-state index is -0.846. The molecule has 18 heavy (non-hydrogen) atoms. The first-order valence-electron chi connectivity index (χ1n) is 6.16. The van der Waals surface area contributed by atoms with E-state index < -0.39 is 17.2 Å². The Bertz CT molecular complexity index is 401. The maximum Gasteiger partial charge on any atom is 0.130 e. The normalized spacial score (nSPS) is 14.0. The molecule has 0 heterocycles. The first-order chi connectivity index (χ1) is 8.24. The van der Waals surface area contributed by atoms with Gasteiger partial charge in [0.2, 0.25) is 0 Å². The number of aliphatic hydroxyl groups is 1. The van der Waals surface area contributed by atoms with Crippen molar-refractivity contribution in [1.82, 2.24) is 4.90 Å². The van der Waals surface area contributed by atoms with E-state index in [1.807, 2.05) is 18.7 Å². The summed E-state index contributed by atoms with van der Waals surface area (Å²) in [5.74, 6) is -1.12. The van der Waals surface area contributed by atoms with Gasteiger partial charge >= 0.3 is 0 Å². The van der Waals surface area contributed by atoms with Gasteiger partial charge in [0.15, 0.2) is 0 Å². The van der Waals surface area contributed by atoms with Crippen LogP contribution in [0.4, 0.5) is 8.78 Å². The molecule has 0 aliphatic carbocycles. The first-order valence-corrected chi connectivity index (χ1v) is 6.16. The molecule has 1 N–H and O–H groups in total. The van der Waals surface area contributed by atoms with E-state index in [-0.39, 0.29) is 6.04 Å². The molecular weight excluding hydrogens is 236 g/mol. The average Bonchev–Trinajstić information content (AvgIpc) is 2.24. The number of benzene rings is 1. The summed E-state index contributed by atoms with van der Waals surface area (Å²) in [6.07, 6.45) is 0. The van der Waals surface area contributed by atoms with Crippen molar-refractivity contribution in [2.24, 2.45) is 0 Å². The fraction of sp³-hybridized carbons (Fsp3) is 0.571. The highest BCUT2D eigenvalue weighted by Crippen LogP contribution is 2.24. The van der Waals surface area contributed by atoms with Crippen molar-refractivity contribution in [1.29, 1.82) is 0 Å². The molecule has 0 saturated carbocycles. The third-order valence-electron chi connectivity index (χ3n) is 2.96. The monoisotopic (exact) mass is 257 g/mol. The number of rotatable bonds is 5. The molecule has 1 atom stereocenters. The van der Waals surface area contributed by atoms with E-state index in [0.717, 1.165) is 6.07 Å². The van der Waals surface area contributed by atoms with Crippen LogP contribution in [0, 0.1) is 11.6 Å². The molecule has 4 heteroatoms. The minimum absolute atomic E-state index is 0.206. The summed E-state index contributed by atoms with van der Waals surface area (Å²) >= 11 is 0. The van der Waals surface area contributed by atoms with Crippen LogP contribution >= 0.6 is 0 Å². The van der Waals surface area contributed by atoms with E-state index >= 15 is 0 Å². The maximum absolute atomic E-state index is 13.7. The van der Waals surface area contributed by atoms with Crippen molar-refractivity contribution in [2.45, 2.75) is 39.3 Å². The largest absolute Gasteiger partial charge is 0.389 e. The predicted molar refractivity (Wildman–Crippen MR) is 68.3 cm³/mol. The zero-order valence-electron chi connectivity index (χ0n) is 11.4. The lowest BCUT2D eigenvalue weighted by molar-refractivity contribution is 0.0244. The van der Waals surface area contributed by atoms with Crippen molar-refractivity contribution in [3.8, 4) is 0 Å². The van der Waals surface area contributed by atoms with Crippen molar-refractivity contribution in [3.05, 3.63) is 35.4 Å². The lowest BCUT2D eigenvalue weighted by Crippen LogP contribution is -2.40. The van der Waals surface area contributed by atoms with Gasteiger partial charge in [-0.1, -0.05) is 13.0 Å². The van der Waals surface area contributed by atoms with Gasteiger partial charge < -0.3 is 5.11 Å². The second kappa shape index (κ2) is 5.76. The molecule has 0 aliphatic rings. The number of halogens is 2.